The molecule has 0 fully saturated rings. The van der Waals surface area contributed by atoms with Crippen LogP contribution in [0.15, 0.2) is 83.8 Å². The maximum atomic E-state index is 13.8. The first-order valence-corrected chi connectivity index (χ1v) is 13.9. The van der Waals surface area contributed by atoms with Crippen molar-refractivity contribution in [3.8, 4) is 0 Å². The van der Waals surface area contributed by atoms with Crippen LogP contribution in [0.3, 0.4) is 0 Å². The standard InChI is InChI=1S/C28H32ClN3O4S/c1-4-26(28(34)30-3)31(19-18-22-8-6-5-7-9-22)27(33)20-32(24-14-12-23(29)13-15-24)37(35,36)25-16-10-21(2)11-17-25/h5-17,26H,4,18-20H2,1-3H3,(H,30,34)/t26-/m0/s1. The van der Waals surface area contributed by atoms with Crippen LogP contribution in [0.25, 0.3) is 0 Å². The van der Waals surface area contributed by atoms with Crippen LogP contribution in [0.2, 0.25) is 5.02 Å². The average molecular weight is 542 g/mol. The van der Waals surface area contributed by atoms with E-state index >= 15 is 0 Å². The van der Waals surface area contributed by atoms with Gasteiger partial charge >= 0.3 is 0 Å². The van der Waals surface area contributed by atoms with Gasteiger partial charge in [0.05, 0.1) is 10.6 Å². The number of hydrogen-bond donors (Lipinski definition) is 1. The fraction of sp³-hybridized carbons (Fsp3) is 0.286. The SMILES string of the molecule is CC[C@@H](C(=O)NC)N(CCc1ccccc1)C(=O)CN(c1ccc(Cl)cc1)S(=O)(=O)c1ccc(C)cc1. The zero-order valence-corrected chi connectivity index (χ0v) is 22.8. The zero-order chi connectivity index (χ0) is 27.0. The second kappa shape index (κ2) is 12.7. The van der Waals surface area contributed by atoms with E-state index in [0.717, 1.165) is 15.4 Å². The monoisotopic (exact) mass is 541 g/mol. The molecule has 9 heteroatoms. The molecule has 0 spiro atoms. The Kier molecular flexibility index (Phi) is 9.72. The molecule has 1 atom stereocenters. The van der Waals surface area contributed by atoms with E-state index < -0.39 is 28.5 Å². The lowest BCUT2D eigenvalue weighted by atomic mass is 10.1. The lowest BCUT2D eigenvalue weighted by Crippen LogP contribution is -2.52. The Labute approximate surface area is 224 Å². The Hall–Kier alpha value is -3.36. The van der Waals surface area contributed by atoms with Crippen molar-refractivity contribution in [1.29, 1.82) is 0 Å². The van der Waals surface area contributed by atoms with E-state index in [1.165, 1.54) is 24.1 Å². The van der Waals surface area contributed by atoms with E-state index in [9.17, 15) is 18.0 Å². The third-order valence-corrected chi connectivity index (χ3v) is 8.16. The van der Waals surface area contributed by atoms with Crippen LogP contribution in [-0.2, 0) is 26.0 Å². The maximum Gasteiger partial charge on any atom is 0.264 e. The van der Waals surface area contributed by atoms with Crippen LogP contribution >= 0.6 is 11.6 Å². The highest BCUT2D eigenvalue weighted by atomic mass is 35.5. The predicted octanol–water partition coefficient (Wildman–Crippen LogP) is 4.44. The maximum absolute atomic E-state index is 13.8. The minimum atomic E-state index is -4.10. The van der Waals surface area contributed by atoms with Gasteiger partial charge in [0.1, 0.15) is 12.6 Å². The molecule has 7 nitrogen and oxygen atoms in total. The van der Waals surface area contributed by atoms with E-state index in [-0.39, 0.29) is 17.3 Å². The van der Waals surface area contributed by atoms with E-state index in [0.29, 0.717) is 23.6 Å². The summed E-state index contributed by atoms with van der Waals surface area (Å²) in [6, 6.07) is 21.6. The summed E-state index contributed by atoms with van der Waals surface area (Å²) in [5.74, 6) is -0.777. The van der Waals surface area contributed by atoms with Gasteiger partial charge in [-0.2, -0.15) is 0 Å². The number of likely N-dealkylation sites (N-methyl/N-ethyl adjacent to an activating group) is 1. The summed E-state index contributed by atoms with van der Waals surface area (Å²) in [5.41, 5.74) is 2.22. The highest BCUT2D eigenvalue weighted by Crippen LogP contribution is 2.26. The van der Waals surface area contributed by atoms with Crippen molar-refractivity contribution >= 4 is 39.1 Å². The van der Waals surface area contributed by atoms with Gasteiger partial charge in [-0.05, 0) is 61.7 Å². The number of aryl methyl sites for hydroxylation is 1. The van der Waals surface area contributed by atoms with Crippen LogP contribution < -0.4 is 9.62 Å². The van der Waals surface area contributed by atoms with E-state index in [4.69, 9.17) is 11.6 Å². The molecule has 0 aliphatic heterocycles. The molecule has 0 unspecified atom stereocenters. The Bertz CT molecular complexity index is 1300. The minimum Gasteiger partial charge on any atom is -0.357 e. The molecule has 0 saturated heterocycles. The number of benzene rings is 3. The first-order valence-electron chi connectivity index (χ1n) is 12.1. The van der Waals surface area contributed by atoms with Gasteiger partial charge in [0.15, 0.2) is 0 Å². The van der Waals surface area contributed by atoms with Crippen LogP contribution in [0.1, 0.15) is 24.5 Å². The summed E-state index contributed by atoms with van der Waals surface area (Å²) in [6.07, 6.45) is 0.900. The lowest BCUT2D eigenvalue weighted by Gasteiger charge is -2.33. The third kappa shape index (κ3) is 7.11. The summed E-state index contributed by atoms with van der Waals surface area (Å²) < 4.78 is 28.5. The number of nitrogens with zero attached hydrogens (tertiary/aromatic N) is 2. The molecule has 0 aromatic heterocycles. The van der Waals surface area contributed by atoms with Gasteiger partial charge in [-0.3, -0.25) is 13.9 Å². The third-order valence-electron chi connectivity index (χ3n) is 6.12. The quantitative estimate of drug-likeness (QED) is 0.389. The molecule has 196 valence electrons. The van der Waals surface area contributed by atoms with Crippen LogP contribution in [0.5, 0.6) is 0 Å². The Morgan fingerprint density at radius 1 is 0.946 bits per heavy atom. The summed E-state index contributed by atoms with van der Waals surface area (Å²) in [4.78, 5) is 28.0. The number of nitrogens with one attached hydrogen (secondary N) is 1. The van der Waals surface area contributed by atoms with E-state index in [2.05, 4.69) is 5.32 Å². The fourth-order valence-corrected chi connectivity index (χ4v) is 5.58. The first-order chi connectivity index (χ1) is 17.7. The molecule has 0 radical (unpaired) electrons. The summed E-state index contributed by atoms with van der Waals surface area (Å²) in [7, 11) is -2.57. The Morgan fingerprint density at radius 3 is 2.14 bits per heavy atom. The number of anilines is 1. The zero-order valence-electron chi connectivity index (χ0n) is 21.2. The van der Waals surface area contributed by atoms with Gasteiger partial charge in [0.2, 0.25) is 11.8 Å². The van der Waals surface area contributed by atoms with Gasteiger partial charge in [0, 0.05) is 18.6 Å². The smallest absolute Gasteiger partial charge is 0.264 e. The molecule has 0 bridgehead atoms. The molecule has 3 aromatic carbocycles. The van der Waals surface area contributed by atoms with E-state index in [1.807, 2.05) is 44.2 Å². The molecule has 3 rings (SSSR count). The van der Waals surface area contributed by atoms with Gasteiger partial charge in [-0.1, -0.05) is 66.6 Å². The van der Waals surface area contributed by atoms with Crippen molar-refractivity contribution in [2.75, 3.05) is 24.4 Å². The van der Waals surface area contributed by atoms with Crippen molar-refractivity contribution in [3.63, 3.8) is 0 Å². The molecule has 0 aliphatic carbocycles. The predicted molar refractivity (Wildman–Crippen MR) is 147 cm³/mol. The van der Waals surface area contributed by atoms with Crippen LogP contribution in [-0.4, -0.2) is 51.3 Å². The van der Waals surface area contributed by atoms with Crippen molar-refractivity contribution in [1.82, 2.24) is 10.2 Å². The number of halogens is 1. The molecule has 3 aromatic rings. The number of rotatable bonds is 11. The molecule has 0 saturated carbocycles. The number of amides is 2. The summed E-state index contributed by atoms with van der Waals surface area (Å²) in [6.45, 7) is 3.47. The molecule has 2 amide bonds. The van der Waals surface area contributed by atoms with Crippen LogP contribution in [0.4, 0.5) is 5.69 Å². The number of carbonyl (C=O) groups excluding carboxylic acids is 2. The number of carbonyl (C=O) groups is 2. The molecular weight excluding hydrogens is 510 g/mol. The van der Waals surface area contributed by atoms with Crippen molar-refractivity contribution in [3.05, 3.63) is 95.0 Å². The Morgan fingerprint density at radius 2 is 1.57 bits per heavy atom. The second-order valence-corrected chi connectivity index (χ2v) is 11.0. The van der Waals surface area contributed by atoms with E-state index in [1.54, 1.807) is 36.4 Å². The summed E-state index contributed by atoms with van der Waals surface area (Å²) >= 11 is 6.04. The number of hydrogen-bond acceptors (Lipinski definition) is 4. The highest BCUT2D eigenvalue weighted by Gasteiger charge is 2.33. The Balaban J connectivity index is 1.99. The topological polar surface area (TPSA) is 86.8 Å². The van der Waals surface area contributed by atoms with Crippen molar-refractivity contribution in [2.24, 2.45) is 0 Å². The lowest BCUT2D eigenvalue weighted by molar-refractivity contribution is -0.139. The molecule has 37 heavy (non-hydrogen) atoms. The van der Waals surface area contributed by atoms with Gasteiger partial charge < -0.3 is 10.2 Å². The summed E-state index contributed by atoms with van der Waals surface area (Å²) in [5, 5.41) is 3.07. The highest BCUT2D eigenvalue weighted by molar-refractivity contribution is 7.92. The van der Waals surface area contributed by atoms with Gasteiger partial charge in [0.25, 0.3) is 10.0 Å². The molecule has 1 N–H and O–H groups in total. The van der Waals surface area contributed by atoms with Gasteiger partial charge in [-0.25, -0.2) is 8.42 Å². The van der Waals surface area contributed by atoms with Crippen LogP contribution in [0, 0.1) is 6.92 Å². The normalized spacial score (nSPS) is 12.0. The number of sulfonamides is 1. The fourth-order valence-electron chi connectivity index (χ4n) is 4.04. The van der Waals surface area contributed by atoms with Crippen molar-refractivity contribution in [2.45, 2.75) is 37.6 Å². The molecule has 0 aliphatic rings. The molecule has 0 heterocycles. The van der Waals surface area contributed by atoms with Crippen molar-refractivity contribution < 1.29 is 18.0 Å². The largest absolute Gasteiger partial charge is 0.357 e. The minimum absolute atomic E-state index is 0.0648. The average Bonchev–Trinajstić information content (AvgIpc) is 2.90. The molecular formula is C28H32ClN3O4S. The first kappa shape index (κ1) is 28.2. The second-order valence-electron chi connectivity index (χ2n) is 8.66. The van der Waals surface area contributed by atoms with Gasteiger partial charge in [-0.15, -0.1) is 0 Å².